The van der Waals surface area contributed by atoms with Gasteiger partial charge in [0.05, 0.1) is 13.0 Å². The zero-order valence-electron chi connectivity index (χ0n) is 26.9. The Labute approximate surface area is 272 Å². The molecule has 1 saturated carbocycles. The molecule has 2 aliphatic heterocycles. The third-order valence-electron chi connectivity index (χ3n) is 9.45. The van der Waals surface area contributed by atoms with Gasteiger partial charge in [0, 0.05) is 19.6 Å². The van der Waals surface area contributed by atoms with Crippen LogP contribution in [0.15, 0.2) is 48.5 Å². The van der Waals surface area contributed by atoms with Crippen molar-refractivity contribution in [1.29, 1.82) is 0 Å². The number of nitrogens with one attached hydrogen (secondary N) is 3. The maximum absolute atomic E-state index is 13.9. The number of hydrogen-bond acceptors (Lipinski definition) is 6. The second-order valence-corrected chi connectivity index (χ2v) is 12.9. The minimum atomic E-state index is -1.18. The lowest BCUT2D eigenvalue weighted by Crippen LogP contribution is -2.55. The van der Waals surface area contributed by atoms with Gasteiger partial charge < -0.3 is 30.3 Å². The number of rotatable bonds is 5. The second-order valence-electron chi connectivity index (χ2n) is 12.9. The predicted octanol–water partition coefficient (Wildman–Crippen LogP) is 4.57. The summed E-state index contributed by atoms with van der Waals surface area (Å²) in [6.45, 7) is 3.95. The Balaban J connectivity index is 1.38. The molecule has 3 atom stereocenters. The van der Waals surface area contributed by atoms with Gasteiger partial charge in [0.1, 0.15) is 23.9 Å². The number of fused-ring (bicyclic) bond motifs is 4. The molecule has 2 fully saturated rings. The lowest BCUT2D eigenvalue weighted by atomic mass is 9.94. The van der Waals surface area contributed by atoms with Crippen molar-refractivity contribution in [3.8, 4) is 5.75 Å². The summed E-state index contributed by atoms with van der Waals surface area (Å²) in [4.78, 5) is 55.9. The molecule has 4 amide bonds. The second kappa shape index (κ2) is 16.5. The van der Waals surface area contributed by atoms with Crippen LogP contribution in [0, 0.1) is 12.8 Å². The van der Waals surface area contributed by atoms with Crippen molar-refractivity contribution in [2.75, 3.05) is 19.7 Å². The Morgan fingerprint density at radius 3 is 2.59 bits per heavy atom. The van der Waals surface area contributed by atoms with Crippen LogP contribution in [0.3, 0.4) is 0 Å². The van der Waals surface area contributed by atoms with E-state index >= 15 is 0 Å². The van der Waals surface area contributed by atoms with Gasteiger partial charge in [0.2, 0.25) is 17.7 Å². The van der Waals surface area contributed by atoms with Crippen LogP contribution in [0.4, 0.5) is 4.79 Å². The molecule has 248 valence electrons. The van der Waals surface area contributed by atoms with E-state index in [1.807, 2.05) is 55.5 Å². The first-order valence-electron chi connectivity index (χ1n) is 16.9. The molecular weight excluding hydrogens is 584 g/mol. The number of alkyl carbamates (subject to hydrolysis) is 1. The molecule has 2 aromatic carbocycles. The van der Waals surface area contributed by atoms with E-state index in [1.54, 1.807) is 4.90 Å². The fraction of sp³-hybridized carbons (Fsp3) is 0.556. The number of amides is 4. The van der Waals surface area contributed by atoms with Gasteiger partial charge in [0.25, 0.3) is 0 Å². The molecule has 1 unspecified atom stereocenters. The Morgan fingerprint density at radius 2 is 1.78 bits per heavy atom. The lowest BCUT2D eigenvalue weighted by Gasteiger charge is -2.34. The summed E-state index contributed by atoms with van der Waals surface area (Å²) in [6, 6.07) is 13.5. The maximum atomic E-state index is 13.9. The van der Waals surface area contributed by atoms with Crippen molar-refractivity contribution in [2.24, 2.45) is 5.92 Å². The molecule has 0 spiro atoms. The van der Waals surface area contributed by atoms with Crippen LogP contribution in [-0.4, -0.2) is 66.6 Å². The van der Waals surface area contributed by atoms with E-state index in [4.69, 9.17) is 9.47 Å². The van der Waals surface area contributed by atoms with Crippen molar-refractivity contribution >= 4 is 23.8 Å². The third-order valence-corrected chi connectivity index (χ3v) is 9.45. The average molecular weight is 633 g/mol. The molecule has 10 nitrogen and oxygen atoms in total. The van der Waals surface area contributed by atoms with Gasteiger partial charge in [-0.25, -0.2) is 4.79 Å². The highest BCUT2D eigenvalue weighted by molar-refractivity contribution is 5.94. The van der Waals surface area contributed by atoms with Crippen LogP contribution < -0.4 is 20.7 Å². The fourth-order valence-electron chi connectivity index (χ4n) is 6.62. The lowest BCUT2D eigenvalue weighted by molar-refractivity contribution is -0.137. The van der Waals surface area contributed by atoms with Gasteiger partial charge in [0.15, 0.2) is 0 Å². The number of hydrogen-bond donors (Lipinski definition) is 3. The molecule has 3 aliphatic rings. The summed E-state index contributed by atoms with van der Waals surface area (Å²) in [6.07, 6.45) is 7.07. The van der Waals surface area contributed by atoms with Crippen molar-refractivity contribution in [1.82, 2.24) is 20.9 Å². The van der Waals surface area contributed by atoms with Gasteiger partial charge >= 0.3 is 6.09 Å². The summed E-state index contributed by atoms with van der Waals surface area (Å²) >= 11 is 0. The number of carbonyl (C=O) groups is 4. The van der Waals surface area contributed by atoms with Crippen LogP contribution >= 0.6 is 0 Å². The molecule has 3 N–H and O–H groups in total. The summed E-state index contributed by atoms with van der Waals surface area (Å²) in [5.41, 5.74) is 2.99. The van der Waals surface area contributed by atoms with Crippen molar-refractivity contribution < 1.29 is 28.7 Å². The molecule has 10 heteroatoms. The van der Waals surface area contributed by atoms with E-state index in [9.17, 15) is 19.2 Å². The van der Waals surface area contributed by atoms with Crippen LogP contribution in [0.5, 0.6) is 5.75 Å². The van der Waals surface area contributed by atoms with Crippen LogP contribution in [0.2, 0.25) is 0 Å². The number of carbonyl (C=O) groups excluding carboxylic acids is 4. The monoisotopic (exact) mass is 632 g/mol. The molecule has 2 aromatic rings. The molecular formula is C36H48N4O6. The number of aryl methyl sites for hydroxylation is 2. The fourth-order valence-corrected chi connectivity index (χ4v) is 6.62. The Morgan fingerprint density at radius 1 is 0.978 bits per heavy atom. The highest BCUT2D eigenvalue weighted by Gasteiger charge is 2.33. The first-order valence-corrected chi connectivity index (χ1v) is 16.9. The van der Waals surface area contributed by atoms with Gasteiger partial charge in [-0.1, -0.05) is 42.8 Å². The summed E-state index contributed by atoms with van der Waals surface area (Å²) in [5, 5.41) is 8.57. The van der Waals surface area contributed by atoms with Crippen molar-refractivity contribution in [2.45, 2.75) is 102 Å². The van der Waals surface area contributed by atoms with E-state index in [0.717, 1.165) is 73.8 Å². The zero-order valence-corrected chi connectivity index (χ0v) is 26.9. The molecule has 0 radical (unpaired) electrons. The normalized spacial score (nSPS) is 23.6. The molecule has 1 saturated heterocycles. The Hall–Kier alpha value is -4.08. The molecule has 2 heterocycles. The molecule has 1 aliphatic carbocycles. The minimum absolute atomic E-state index is 0.205. The average Bonchev–Trinajstić information content (AvgIpc) is 3.06. The summed E-state index contributed by atoms with van der Waals surface area (Å²) in [5.74, 6) is -0.117. The van der Waals surface area contributed by atoms with Gasteiger partial charge in [-0.05, 0) is 99.5 Å². The van der Waals surface area contributed by atoms with E-state index in [0.29, 0.717) is 32.5 Å². The standard InChI is InChI=1S/C36H48N4O6/c1-25-14-16-30-21-28(25)23-37-34(42)31(17-15-26-9-4-2-5-10-26)38-35(43)32(39-36(44)46-29-12-6-3-7-13-29)22-33(41)40-19-8-11-27(24-40)18-20-45-30/h2,4-5,9-10,14,16,21,27,29,31-32H,3,6-8,11-13,15,17-20,22-24H2,1H3,(H,37,42)(H,38,43)(H,39,44)/t27?,31-,32-/m0/s1. The van der Waals surface area contributed by atoms with Gasteiger partial charge in [-0.3, -0.25) is 14.4 Å². The van der Waals surface area contributed by atoms with Crippen molar-refractivity contribution in [3.05, 3.63) is 65.2 Å². The number of benzene rings is 2. The van der Waals surface area contributed by atoms with Crippen molar-refractivity contribution in [3.63, 3.8) is 0 Å². The Kier molecular flexibility index (Phi) is 11.9. The predicted molar refractivity (Wildman–Crippen MR) is 174 cm³/mol. The van der Waals surface area contributed by atoms with Crippen LogP contribution in [0.1, 0.15) is 80.9 Å². The quantitative estimate of drug-likeness (QED) is 0.444. The molecule has 4 bridgehead atoms. The topological polar surface area (TPSA) is 126 Å². The zero-order chi connectivity index (χ0) is 32.3. The molecule has 5 rings (SSSR count). The highest BCUT2D eigenvalue weighted by atomic mass is 16.6. The summed E-state index contributed by atoms with van der Waals surface area (Å²) < 4.78 is 11.8. The van der Waals surface area contributed by atoms with E-state index in [-0.39, 0.29) is 36.8 Å². The molecule has 0 aromatic heterocycles. The third kappa shape index (κ3) is 9.71. The van der Waals surface area contributed by atoms with E-state index in [1.165, 1.54) is 0 Å². The largest absolute Gasteiger partial charge is 0.494 e. The minimum Gasteiger partial charge on any atom is -0.494 e. The first kappa shape index (κ1) is 33.3. The number of nitrogens with zero attached hydrogens (tertiary/aromatic N) is 1. The Bertz CT molecular complexity index is 1350. The number of ether oxygens (including phenoxy) is 2. The van der Waals surface area contributed by atoms with Gasteiger partial charge in [-0.2, -0.15) is 0 Å². The van der Waals surface area contributed by atoms with Gasteiger partial charge in [-0.15, -0.1) is 0 Å². The highest BCUT2D eigenvalue weighted by Crippen LogP contribution is 2.24. The number of piperidine rings is 1. The maximum Gasteiger partial charge on any atom is 0.408 e. The van der Waals surface area contributed by atoms with E-state index in [2.05, 4.69) is 16.0 Å². The molecule has 46 heavy (non-hydrogen) atoms. The summed E-state index contributed by atoms with van der Waals surface area (Å²) in [7, 11) is 0. The van der Waals surface area contributed by atoms with Crippen LogP contribution in [0.25, 0.3) is 0 Å². The van der Waals surface area contributed by atoms with E-state index < -0.39 is 24.1 Å². The first-order chi connectivity index (χ1) is 22.3. The SMILES string of the molecule is Cc1ccc2cc1CNC(=O)[C@H](CCc1ccccc1)NC(=O)[C@@H](NC(=O)OC1CCCCC1)CC(=O)N1CCCC(CCO2)C1. The smallest absolute Gasteiger partial charge is 0.408 e. The van der Waals surface area contributed by atoms with Crippen LogP contribution in [-0.2, 0) is 32.1 Å².